The molecule has 0 aliphatic rings. The molecule has 1 aromatic rings. The minimum absolute atomic E-state index is 0.0915. The monoisotopic (exact) mass is 252 g/mol. The molecule has 0 heterocycles. The van der Waals surface area contributed by atoms with Crippen LogP contribution in [0.4, 0.5) is 14.9 Å². The lowest BCUT2D eigenvalue weighted by Crippen LogP contribution is -2.45. The predicted octanol–water partition coefficient (Wildman–Crippen LogP) is 2.05. The first-order valence-electron chi connectivity index (χ1n) is 5.70. The molecule has 0 aliphatic heterocycles. The van der Waals surface area contributed by atoms with Gasteiger partial charge in [0.2, 0.25) is 0 Å². The van der Waals surface area contributed by atoms with Crippen LogP contribution in [0.25, 0.3) is 0 Å². The van der Waals surface area contributed by atoms with Crippen molar-refractivity contribution in [3.8, 4) is 0 Å². The summed E-state index contributed by atoms with van der Waals surface area (Å²) in [4.78, 5) is 11.6. The third-order valence-corrected chi connectivity index (χ3v) is 2.38. The molecule has 6 heteroatoms. The van der Waals surface area contributed by atoms with Crippen molar-refractivity contribution in [3.63, 3.8) is 0 Å². The second kappa shape index (κ2) is 6.58. The lowest BCUT2D eigenvalue weighted by atomic mass is 10.1. The van der Waals surface area contributed by atoms with Crippen molar-refractivity contribution in [1.82, 2.24) is 5.32 Å². The lowest BCUT2D eigenvalue weighted by Gasteiger charge is -2.17. The fraction of sp³-hybridized carbons (Fsp3) is 0.333. The number of urea groups is 1. The number of anilines is 1. The van der Waals surface area contributed by atoms with Crippen molar-refractivity contribution in [1.29, 1.82) is 5.41 Å². The van der Waals surface area contributed by atoms with Crippen molar-refractivity contribution in [3.05, 3.63) is 30.1 Å². The van der Waals surface area contributed by atoms with Gasteiger partial charge in [-0.2, -0.15) is 0 Å². The highest BCUT2D eigenvalue weighted by Gasteiger charge is 2.14. The maximum absolute atomic E-state index is 13.3. The minimum atomic E-state index is -0.575. The minimum Gasteiger partial charge on any atom is -0.386 e. The van der Waals surface area contributed by atoms with E-state index in [1.807, 2.05) is 6.92 Å². The maximum atomic E-state index is 13.3. The highest BCUT2D eigenvalue weighted by molar-refractivity contribution is 5.94. The summed E-state index contributed by atoms with van der Waals surface area (Å²) in [6, 6.07) is 4.76. The van der Waals surface area contributed by atoms with Crippen molar-refractivity contribution in [2.24, 2.45) is 5.73 Å². The van der Waals surface area contributed by atoms with Crippen LogP contribution in [0.15, 0.2) is 24.3 Å². The fourth-order valence-corrected chi connectivity index (χ4v) is 1.47. The van der Waals surface area contributed by atoms with Gasteiger partial charge in [0.1, 0.15) is 11.7 Å². The van der Waals surface area contributed by atoms with E-state index in [1.54, 1.807) is 6.07 Å². The molecule has 1 aromatic carbocycles. The fourth-order valence-electron chi connectivity index (χ4n) is 1.47. The van der Waals surface area contributed by atoms with Gasteiger partial charge in [0, 0.05) is 0 Å². The highest BCUT2D eigenvalue weighted by Crippen LogP contribution is 2.12. The number of benzene rings is 1. The van der Waals surface area contributed by atoms with Gasteiger partial charge in [0.25, 0.3) is 0 Å². The molecule has 0 spiro atoms. The SMILES string of the molecule is CCCC(NC(=O)Nc1ccccc1F)C(=N)N. The Morgan fingerprint density at radius 3 is 2.72 bits per heavy atom. The Bertz CT molecular complexity index is 436. The number of hydrogen-bond acceptors (Lipinski definition) is 2. The third kappa shape index (κ3) is 4.04. The van der Waals surface area contributed by atoms with Gasteiger partial charge in [-0.25, -0.2) is 9.18 Å². The van der Waals surface area contributed by atoms with E-state index < -0.39 is 17.9 Å². The molecule has 5 N–H and O–H groups in total. The smallest absolute Gasteiger partial charge is 0.319 e. The topological polar surface area (TPSA) is 91.0 Å². The number of nitrogens with one attached hydrogen (secondary N) is 3. The Hall–Kier alpha value is -2.11. The van der Waals surface area contributed by atoms with Crippen LogP contribution in [0.5, 0.6) is 0 Å². The molecular formula is C12H17FN4O. The third-order valence-electron chi connectivity index (χ3n) is 2.38. The number of hydrogen-bond donors (Lipinski definition) is 4. The van der Waals surface area contributed by atoms with E-state index in [0.29, 0.717) is 6.42 Å². The predicted molar refractivity (Wildman–Crippen MR) is 69.2 cm³/mol. The van der Waals surface area contributed by atoms with Crippen LogP contribution >= 0.6 is 0 Å². The quantitative estimate of drug-likeness (QED) is 0.477. The van der Waals surface area contributed by atoms with Crippen LogP contribution in [-0.4, -0.2) is 17.9 Å². The standard InChI is InChI=1S/C12H17FN4O/c1-2-5-10(11(14)15)17-12(18)16-9-7-4-3-6-8(9)13/h3-4,6-7,10H,2,5H2,1H3,(H3,14,15)(H2,16,17,18). The number of halogens is 1. The van der Waals surface area contributed by atoms with Crippen LogP contribution in [0.3, 0.4) is 0 Å². The Morgan fingerprint density at radius 1 is 1.50 bits per heavy atom. The number of amidine groups is 1. The van der Waals surface area contributed by atoms with E-state index >= 15 is 0 Å². The molecule has 98 valence electrons. The number of rotatable bonds is 5. The molecule has 0 fully saturated rings. The van der Waals surface area contributed by atoms with Crippen molar-refractivity contribution in [2.75, 3.05) is 5.32 Å². The molecule has 0 radical (unpaired) electrons. The van der Waals surface area contributed by atoms with E-state index in [0.717, 1.165) is 6.42 Å². The number of carbonyl (C=O) groups excluding carboxylic acids is 1. The molecule has 1 rings (SSSR count). The Labute approximate surface area is 105 Å². The average molecular weight is 252 g/mol. The maximum Gasteiger partial charge on any atom is 0.319 e. The van der Waals surface area contributed by atoms with Crippen LogP contribution in [0, 0.1) is 11.2 Å². The van der Waals surface area contributed by atoms with Crippen molar-refractivity contribution < 1.29 is 9.18 Å². The van der Waals surface area contributed by atoms with Gasteiger partial charge in [-0.3, -0.25) is 5.41 Å². The molecular weight excluding hydrogens is 235 g/mol. The molecule has 0 aliphatic carbocycles. The molecule has 1 atom stereocenters. The van der Waals surface area contributed by atoms with E-state index in [9.17, 15) is 9.18 Å². The first kappa shape index (κ1) is 14.0. The van der Waals surface area contributed by atoms with Crippen LogP contribution in [0.2, 0.25) is 0 Å². The van der Waals surface area contributed by atoms with Gasteiger partial charge >= 0.3 is 6.03 Å². The molecule has 18 heavy (non-hydrogen) atoms. The summed E-state index contributed by atoms with van der Waals surface area (Å²) in [6.07, 6.45) is 1.35. The summed E-state index contributed by atoms with van der Waals surface area (Å²) in [6.45, 7) is 1.92. The van der Waals surface area contributed by atoms with Gasteiger partial charge in [-0.05, 0) is 18.6 Å². The van der Waals surface area contributed by atoms with Crippen LogP contribution < -0.4 is 16.4 Å². The molecule has 2 amide bonds. The number of carbonyl (C=O) groups is 1. The molecule has 0 saturated heterocycles. The van der Waals surface area contributed by atoms with E-state index in [-0.39, 0.29) is 11.5 Å². The summed E-state index contributed by atoms with van der Waals surface area (Å²) < 4.78 is 13.3. The largest absolute Gasteiger partial charge is 0.386 e. The molecule has 0 bridgehead atoms. The van der Waals surface area contributed by atoms with Crippen LogP contribution in [0.1, 0.15) is 19.8 Å². The van der Waals surface area contributed by atoms with Crippen LogP contribution in [-0.2, 0) is 0 Å². The second-order valence-electron chi connectivity index (χ2n) is 3.87. The van der Waals surface area contributed by atoms with Crippen molar-refractivity contribution >= 4 is 17.6 Å². The van der Waals surface area contributed by atoms with Gasteiger partial charge in [0.15, 0.2) is 0 Å². The summed E-state index contributed by atoms with van der Waals surface area (Å²) in [5.41, 5.74) is 5.45. The molecule has 0 saturated carbocycles. The zero-order valence-electron chi connectivity index (χ0n) is 10.2. The molecule has 1 unspecified atom stereocenters. The lowest BCUT2D eigenvalue weighted by molar-refractivity contribution is 0.250. The first-order valence-corrected chi connectivity index (χ1v) is 5.70. The Morgan fingerprint density at radius 2 is 2.17 bits per heavy atom. The molecule has 0 aromatic heterocycles. The summed E-state index contributed by atoms with van der Waals surface area (Å²) in [5.74, 6) is -0.622. The van der Waals surface area contributed by atoms with E-state index in [4.69, 9.17) is 11.1 Å². The van der Waals surface area contributed by atoms with Gasteiger partial charge in [0.05, 0.1) is 11.7 Å². The van der Waals surface area contributed by atoms with Gasteiger partial charge in [-0.15, -0.1) is 0 Å². The second-order valence-corrected chi connectivity index (χ2v) is 3.87. The van der Waals surface area contributed by atoms with E-state index in [2.05, 4.69) is 10.6 Å². The highest BCUT2D eigenvalue weighted by atomic mass is 19.1. The number of nitrogens with two attached hydrogens (primary N) is 1. The number of amides is 2. The Kier molecular flexibility index (Phi) is 5.10. The zero-order valence-corrected chi connectivity index (χ0v) is 10.2. The van der Waals surface area contributed by atoms with Gasteiger partial charge in [-0.1, -0.05) is 25.5 Å². The normalized spacial score (nSPS) is 11.7. The van der Waals surface area contributed by atoms with E-state index in [1.165, 1.54) is 18.2 Å². The summed E-state index contributed by atoms with van der Waals surface area (Å²) in [5, 5.41) is 12.2. The summed E-state index contributed by atoms with van der Waals surface area (Å²) >= 11 is 0. The van der Waals surface area contributed by atoms with Gasteiger partial charge < -0.3 is 16.4 Å². The first-order chi connectivity index (χ1) is 8.54. The molecule has 5 nitrogen and oxygen atoms in total. The number of para-hydroxylation sites is 1. The van der Waals surface area contributed by atoms with Crippen molar-refractivity contribution in [2.45, 2.75) is 25.8 Å². The average Bonchev–Trinajstić information content (AvgIpc) is 2.31. The zero-order chi connectivity index (χ0) is 13.5. The summed E-state index contributed by atoms with van der Waals surface area (Å²) in [7, 11) is 0. The Balaban J connectivity index is 2.61.